The molecule has 0 fully saturated rings. The van der Waals surface area contributed by atoms with Gasteiger partial charge in [-0.25, -0.2) is 0 Å². The van der Waals surface area contributed by atoms with Crippen molar-refractivity contribution in [3.05, 3.63) is 291 Å². The third-order valence-corrected chi connectivity index (χ3v) is 15.2. The average molecular weight is 995 g/mol. The summed E-state index contributed by atoms with van der Waals surface area (Å²) in [6.45, 7) is 0. The maximum Gasteiger partial charge on any atom is 0.0541 e. The molecule has 0 atom stereocenters. The molecule has 0 amide bonds. The second kappa shape index (κ2) is 21.5. The first kappa shape index (κ1) is 49.2. The summed E-state index contributed by atoms with van der Waals surface area (Å²) in [6, 6.07) is 106. The van der Waals surface area contributed by atoms with Gasteiger partial charge in [-0.15, -0.1) is 0 Å². The Hall–Kier alpha value is -9.44. The molecule has 0 saturated heterocycles. The van der Waals surface area contributed by atoms with Crippen molar-refractivity contribution >= 4 is 80.3 Å². The van der Waals surface area contributed by atoms with Crippen LogP contribution in [-0.4, -0.2) is 45.8 Å². The van der Waals surface area contributed by atoms with Crippen LogP contribution in [-0.2, 0) is 0 Å². The molecule has 2 nitrogen and oxygen atoms in total. The minimum Gasteiger partial charge on any atom is -0.309 e. The van der Waals surface area contributed by atoms with Crippen molar-refractivity contribution in [1.82, 2.24) is 9.13 Å². The largest absolute Gasteiger partial charge is 0.309 e. The third kappa shape index (κ3) is 9.74. The van der Waals surface area contributed by atoms with Gasteiger partial charge in [0.1, 0.15) is 0 Å². The second-order valence-electron chi connectivity index (χ2n) is 20.1. The quantitative estimate of drug-likeness (QED) is 0.121. The van der Waals surface area contributed by atoms with Crippen LogP contribution in [0.3, 0.4) is 0 Å². The Kier molecular flexibility index (Phi) is 13.4. The molecule has 0 spiro atoms. The van der Waals surface area contributed by atoms with Gasteiger partial charge in [-0.05, 0) is 145 Å². The van der Waals surface area contributed by atoms with E-state index in [2.05, 4.69) is 300 Å². The summed E-state index contributed by atoms with van der Waals surface area (Å²) in [4.78, 5) is 0. The fraction of sp³-hybridized carbons (Fsp3) is 0. The summed E-state index contributed by atoms with van der Waals surface area (Å²) in [7, 11) is 15.8. The Labute approximate surface area is 467 Å². The molecule has 0 N–H and O–H groups in total. The van der Waals surface area contributed by atoms with Crippen LogP contribution in [0.2, 0.25) is 0 Å². The van der Waals surface area contributed by atoms with E-state index < -0.39 is 6.39 Å². The van der Waals surface area contributed by atoms with Crippen molar-refractivity contribution in [3.63, 3.8) is 0 Å². The first-order valence-electron chi connectivity index (χ1n) is 26.8. The maximum absolute atomic E-state index is 4.89. The lowest BCUT2D eigenvalue weighted by molar-refractivity contribution is 1.18. The van der Waals surface area contributed by atoms with Gasteiger partial charge in [0.25, 0.3) is 0 Å². The molecular formula is C72H48B5N2. The lowest BCUT2D eigenvalue weighted by Crippen LogP contribution is -2.23. The van der Waals surface area contributed by atoms with Crippen LogP contribution >= 0.6 is 0 Å². The van der Waals surface area contributed by atoms with Crippen LogP contribution in [0.1, 0.15) is 0 Å². The maximum atomic E-state index is 4.89. The van der Waals surface area contributed by atoms with Gasteiger partial charge >= 0.3 is 0 Å². The fourth-order valence-electron chi connectivity index (χ4n) is 11.2. The van der Waals surface area contributed by atoms with Crippen molar-refractivity contribution in [2.45, 2.75) is 0 Å². The Morgan fingerprint density at radius 2 is 0.418 bits per heavy atom. The van der Waals surface area contributed by atoms with E-state index in [4.69, 9.17) is 23.2 Å². The van der Waals surface area contributed by atoms with Crippen LogP contribution in [0.25, 0.3) is 133 Å². The van der Waals surface area contributed by atoms with Crippen LogP contribution in [0.15, 0.2) is 291 Å². The summed E-state index contributed by atoms with van der Waals surface area (Å²) in [5.74, 6) is 0. The molecule has 0 bridgehead atoms. The standard InChI is InChI=1S/C72H48N2.B5/c1-2-12-49(13-3-1)60-46-61(58-34-30-52(31-35-58)50-22-26-54(27-23-50)56-38-42-63(43-39-56)73-69-18-8-4-14-65(69)66-15-5-9-19-70(66)73)48-62(47-60)59-36-32-53(33-37-59)51-24-28-55(29-25-51)57-40-44-64(45-41-57)74-71-20-10-6-16-67(71)68-17-7-11-21-72(68)74;1-4-5(2)3/h1-48H;. The number of aromatic nitrogens is 2. The number of benzene rings is 12. The Balaban J connectivity index is 0.00000113. The van der Waals surface area contributed by atoms with Crippen molar-refractivity contribution in [2.24, 2.45) is 0 Å². The summed E-state index contributed by atoms with van der Waals surface area (Å²) < 4.78 is 4.73. The molecule has 0 unspecified atom stereocenters. The number of para-hydroxylation sites is 4. The highest BCUT2D eigenvalue weighted by molar-refractivity contribution is 7.60. The van der Waals surface area contributed by atoms with E-state index in [0.29, 0.717) is 0 Å². The molecule has 0 saturated carbocycles. The molecule has 0 aliphatic rings. The van der Waals surface area contributed by atoms with E-state index in [9.17, 15) is 0 Å². The number of fused-ring (bicyclic) bond motifs is 6. The molecule has 7 radical (unpaired) electrons. The first-order chi connectivity index (χ1) is 38.9. The summed E-state index contributed by atoms with van der Waals surface area (Å²) in [6.07, 6.45) is -0.463. The fourth-order valence-corrected chi connectivity index (χ4v) is 11.2. The highest BCUT2D eigenvalue weighted by Crippen LogP contribution is 2.38. The number of rotatable bonds is 10. The minimum absolute atomic E-state index is 0.463. The van der Waals surface area contributed by atoms with Crippen LogP contribution in [0.4, 0.5) is 0 Å². The van der Waals surface area contributed by atoms with E-state index in [0.717, 1.165) is 11.4 Å². The molecule has 2 heterocycles. The predicted molar refractivity (Wildman–Crippen MR) is 342 cm³/mol. The van der Waals surface area contributed by atoms with Crippen molar-refractivity contribution in [2.75, 3.05) is 0 Å². The summed E-state index contributed by atoms with van der Waals surface area (Å²) >= 11 is 0. The monoisotopic (exact) mass is 995 g/mol. The number of nitrogens with zero attached hydrogens (tertiary/aromatic N) is 2. The van der Waals surface area contributed by atoms with Crippen molar-refractivity contribution in [1.29, 1.82) is 0 Å². The molecule has 12 aromatic carbocycles. The Bertz CT molecular complexity index is 4060. The van der Waals surface area contributed by atoms with Crippen LogP contribution < -0.4 is 0 Å². The highest BCUT2D eigenvalue weighted by atomic mass is 15.0. The summed E-state index contributed by atoms with van der Waals surface area (Å²) in [5.41, 5.74) is 23.9. The van der Waals surface area contributed by atoms with Gasteiger partial charge in [-0.1, -0.05) is 224 Å². The van der Waals surface area contributed by atoms with Gasteiger partial charge in [0.2, 0.25) is 0 Å². The molecule has 0 aliphatic heterocycles. The van der Waals surface area contributed by atoms with E-state index in [1.165, 1.54) is 129 Å². The van der Waals surface area contributed by atoms with Crippen molar-refractivity contribution in [3.8, 4) is 89.3 Å². The zero-order valence-electron chi connectivity index (χ0n) is 43.5. The topological polar surface area (TPSA) is 9.86 Å². The average Bonchev–Trinajstić information content (AvgIpc) is 4.30. The lowest BCUT2D eigenvalue weighted by atomic mass is 8.97. The third-order valence-electron chi connectivity index (χ3n) is 15.2. The lowest BCUT2D eigenvalue weighted by Gasteiger charge is -2.13. The zero-order valence-corrected chi connectivity index (χ0v) is 43.5. The predicted octanol–water partition coefficient (Wildman–Crippen LogP) is 17.6. The normalized spacial score (nSPS) is 11.2. The molecule has 361 valence electrons. The van der Waals surface area contributed by atoms with Gasteiger partial charge in [0.15, 0.2) is 0 Å². The molecule has 14 aromatic rings. The van der Waals surface area contributed by atoms with Crippen LogP contribution in [0.5, 0.6) is 0 Å². The van der Waals surface area contributed by atoms with Gasteiger partial charge in [-0.3, -0.25) is 0 Å². The van der Waals surface area contributed by atoms with Gasteiger partial charge < -0.3 is 9.13 Å². The Morgan fingerprint density at radius 1 is 0.228 bits per heavy atom. The molecule has 0 aliphatic carbocycles. The van der Waals surface area contributed by atoms with E-state index in [1.807, 2.05) is 0 Å². The SMILES string of the molecule is [B][B]B([B])[B].c1ccc(-c2cc(-c3ccc(-c4ccc(-c5ccc(-n6c7ccccc7c7ccccc76)cc5)cc4)cc3)cc(-c3ccc(-c4ccc(-c5ccc(-n6c7ccccc7c7ccccc76)cc5)cc4)cc3)c2)cc1. The van der Waals surface area contributed by atoms with Gasteiger partial charge in [-0.2, -0.15) is 0 Å². The molecule has 14 rings (SSSR count). The minimum atomic E-state index is -0.463. The number of hydrogen-bond acceptors (Lipinski definition) is 0. The van der Waals surface area contributed by atoms with Crippen molar-refractivity contribution < 1.29 is 0 Å². The van der Waals surface area contributed by atoms with Crippen LogP contribution in [0, 0.1) is 0 Å². The van der Waals surface area contributed by atoms with Gasteiger partial charge in [0, 0.05) is 69.6 Å². The second-order valence-corrected chi connectivity index (χ2v) is 20.1. The zero-order chi connectivity index (χ0) is 53.2. The molecule has 79 heavy (non-hydrogen) atoms. The molecule has 7 heteroatoms. The smallest absolute Gasteiger partial charge is 0.0541 e. The molecular weight excluding hydrogens is 947 g/mol. The van der Waals surface area contributed by atoms with E-state index in [1.54, 1.807) is 0 Å². The van der Waals surface area contributed by atoms with E-state index in [-0.39, 0.29) is 0 Å². The summed E-state index contributed by atoms with van der Waals surface area (Å²) in [5, 5.41) is 5.10. The highest BCUT2D eigenvalue weighted by Gasteiger charge is 2.15. The van der Waals surface area contributed by atoms with Gasteiger partial charge in [0.05, 0.1) is 22.1 Å². The first-order valence-corrected chi connectivity index (χ1v) is 26.8. The van der Waals surface area contributed by atoms with E-state index >= 15 is 0 Å². The Morgan fingerprint density at radius 3 is 0.658 bits per heavy atom. The number of hydrogen-bond donors (Lipinski definition) is 0. The molecule has 2 aromatic heterocycles.